The van der Waals surface area contributed by atoms with Crippen molar-refractivity contribution in [1.82, 2.24) is 0 Å². The molecule has 0 spiro atoms. The highest BCUT2D eigenvalue weighted by atomic mass is 16.5. The predicted octanol–water partition coefficient (Wildman–Crippen LogP) is 5.54. The molecule has 1 fully saturated rings. The third-order valence-corrected chi connectivity index (χ3v) is 4.92. The second kappa shape index (κ2) is 7.83. The number of hydrogen-bond acceptors (Lipinski definition) is 1. The lowest BCUT2D eigenvalue weighted by atomic mass is 9.61. The van der Waals surface area contributed by atoms with E-state index in [-0.39, 0.29) is 5.41 Å². The summed E-state index contributed by atoms with van der Waals surface area (Å²) < 4.78 is 5.72. The van der Waals surface area contributed by atoms with E-state index in [1.54, 1.807) is 0 Å². The van der Waals surface area contributed by atoms with Gasteiger partial charge in [0.05, 0.1) is 6.61 Å². The van der Waals surface area contributed by atoms with Crippen molar-refractivity contribution < 1.29 is 4.74 Å². The molecule has 1 aliphatic carbocycles. The van der Waals surface area contributed by atoms with Gasteiger partial charge in [0, 0.05) is 6.61 Å². The molecule has 1 rings (SSSR count). The number of hydrogen-bond donors (Lipinski definition) is 0. The molecule has 20 heavy (non-hydrogen) atoms. The molecular weight excluding hydrogens is 244 g/mol. The predicted molar refractivity (Wildman–Crippen MR) is 88.8 cm³/mol. The summed E-state index contributed by atoms with van der Waals surface area (Å²) in [6.07, 6.45) is 7.97. The molecule has 3 atom stereocenters. The molecule has 0 aromatic rings. The zero-order valence-corrected chi connectivity index (χ0v) is 13.7. The third kappa shape index (κ3) is 4.34. The summed E-state index contributed by atoms with van der Waals surface area (Å²) in [5.41, 5.74) is 2.74. The highest BCUT2D eigenvalue weighted by Gasteiger charge is 2.38. The molecule has 0 aliphatic heterocycles. The summed E-state index contributed by atoms with van der Waals surface area (Å²) in [6, 6.07) is 0. The lowest BCUT2D eigenvalue weighted by Gasteiger charge is -2.43. The Morgan fingerprint density at radius 2 is 2.10 bits per heavy atom. The number of rotatable bonds is 8. The van der Waals surface area contributed by atoms with Crippen LogP contribution >= 0.6 is 0 Å². The van der Waals surface area contributed by atoms with Crippen molar-refractivity contribution in [2.24, 2.45) is 17.3 Å². The van der Waals surface area contributed by atoms with Crippen LogP contribution in [0, 0.1) is 17.3 Å². The van der Waals surface area contributed by atoms with Crippen LogP contribution in [0.3, 0.4) is 0 Å². The fourth-order valence-corrected chi connectivity index (χ4v) is 3.28. The third-order valence-electron chi connectivity index (χ3n) is 4.92. The van der Waals surface area contributed by atoms with E-state index in [9.17, 15) is 0 Å². The van der Waals surface area contributed by atoms with Crippen LogP contribution in [0.25, 0.3) is 0 Å². The first-order valence-corrected chi connectivity index (χ1v) is 7.99. The minimum absolute atomic E-state index is 0.200. The molecule has 0 amide bonds. The maximum Gasteiger partial charge on any atom is 0.0676 e. The van der Waals surface area contributed by atoms with Crippen molar-refractivity contribution in [2.45, 2.75) is 52.9 Å². The van der Waals surface area contributed by atoms with E-state index < -0.39 is 0 Å². The second-order valence-corrected chi connectivity index (χ2v) is 6.64. The van der Waals surface area contributed by atoms with Gasteiger partial charge in [-0.25, -0.2) is 0 Å². The summed E-state index contributed by atoms with van der Waals surface area (Å²) >= 11 is 0. The molecule has 0 bridgehead atoms. The molecule has 0 heterocycles. The molecule has 1 heteroatoms. The lowest BCUT2D eigenvalue weighted by molar-refractivity contribution is 0.125. The van der Waals surface area contributed by atoms with Gasteiger partial charge in [-0.15, -0.1) is 6.58 Å². The summed E-state index contributed by atoms with van der Waals surface area (Å²) in [7, 11) is 0. The van der Waals surface area contributed by atoms with E-state index in [1.807, 2.05) is 0 Å². The summed E-state index contributed by atoms with van der Waals surface area (Å²) in [5, 5.41) is 0. The van der Waals surface area contributed by atoms with E-state index in [0.717, 1.165) is 26.1 Å². The number of ether oxygens (including phenoxy) is 1. The van der Waals surface area contributed by atoms with Crippen LogP contribution in [0.2, 0.25) is 0 Å². The molecule has 1 saturated carbocycles. The normalized spacial score (nSPS) is 29.9. The van der Waals surface area contributed by atoms with Crippen LogP contribution < -0.4 is 0 Å². The van der Waals surface area contributed by atoms with Gasteiger partial charge in [-0.05, 0) is 55.4 Å². The molecule has 0 saturated heterocycles. The minimum Gasteiger partial charge on any atom is -0.377 e. The summed E-state index contributed by atoms with van der Waals surface area (Å²) in [4.78, 5) is 0. The highest BCUT2D eigenvalue weighted by molar-refractivity contribution is 5.16. The van der Waals surface area contributed by atoms with E-state index >= 15 is 0 Å². The van der Waals surface area contributed by atoms with Crippen LogP contribution in [0.1, 0.15) is 52.9 Å². The van der Waals surface area contributed by atoms with Crippen molar-refractivity contribution in [3.63, 3.8) is 0 Å². The molecule has 0 aromatic carbocycles. The average Bonchev–Trinajstić information content (AvgIpc) is 2.43. The monoisotopic (exact) mass is 276 g/mol. The lowest BCUT2D eigenvalue weighted by Crippen LogP contribution is -2.34. The minimum atomic E-state index is 0.200. The fraction of sp³-hybridized carbons (Fsp3) is 0.684. The van der Waals surface area contributed by atoms with Crippen LogP contribution in [-0.4, -0.2) is 13.2 Å². The van der Waals surface area contributed by atoms with Crippen molar-refractivity contribution >= 4 is 0 Å². The van der Waals surface area contributed by atoms with Gasteiger partial charge in [0.15, 0.2) is 0 Å². The molecular formula is C19H32O. The maximum atomic E-state index is 5.72. The van der Waals surface area contributed by atoms with Gasteiger partial charge in [-0.2, -0.15) is 0 Å². The zero-order chi connectivity index (χ0) is 15.2. The maximum absolute atomic E-state index is 5.72. The van der Waals surface area contributed by atoms with Gasteiger partial charge in [0.25, 0.3) is 0 Å². The van der Waals surface area contributed by atoms with Crippen LogP contribution in [-0.2, 0) is 4.74 Å². The van der Waals surface area contributed by atoms with Gasteiger partial charge in [-0.3, -0.25) is 0 Å². The summed E-state index contributed by atoms with van der Waals surface area (Å²) in [5.74, 6) is 1.09. The van der Waals surface area contributed by atoms with E-state index in [0.29, 0.717) is 11.8 Å². The molecule has 0 N–H and O–H groups in total. The van der Waals surface area contributed by atoms with Crippen molar-refractivity contribution in [1.29, 1.82) is 0 Å². The van der Waals surface area contributed by atoms with Gasteiger partial charge in [0.1, 0.15) is 0 Å². The second-order valence-electron chi connectivity index (χ2n) is 6.64. The Kier molecular flexibility index (Phi) is 6.75. The average molecular weight is 276 g/mol. The van der Waals surface area contributed by atoms with Gasteiger partial charge in [0.2, 0.25) is 0 Å². The summed E-state index contributed by atoms with van der Waals surface area (Å²) in [6.45, 7) is 20.7. The van der Waals surface area contributed by atoms with Crippen LogP contribution in [0.4, 0.5) is 0 Å². The highest BCUT2D eigenvalue weighted by Crippen LogP contribution is 2.48. The number of unbranched alkanes of at least 4 members (excludes halogenated alkanes) is 1. The Bertz CT molecular complexity index is 355. The Labute approximate surface area is 125 Å². The molecule has 0 aromatic heterocycles. The Morgan fingerprint density at radius 3 is 2.65 bits per heavy atom. The van der Waals surface area contributed by atoms with Crippen molar-refractivity contribution in [2.75, 3.05) is 13.2 Å². The van der Waals surface area contributed by atoms with Crippen molar-refractivity contribution in [3.8, 4) is 0 Å². The molecule has 1 nitrogen and oxygen atoms in total. The first-order chi connectivity index (χ1) is 9.44. The van der Waals surface area contributed by atoms with E-state index in [2.05, 4.69) is 46.6 Å². The number of allylic oxidation sites excluding steroid dienone is 2. The molecule has 114 valence electrons. The van der Waals surface area contributed by atoms with Crippen molar-refractivity contribution in [3.05, 3.63) is 37.0 Å². The van der Waals surface area contributed by atoms with Gasteiger partial charge < -0.3 is 4.74 Å². The zero-order valence-electron chi connectivity index (χ0n) is 13.7. The fourth-order valence-electron chi connectivity index (χ4n) is 3.28. The SMILES string of the molecule is C=C[C@]1(C)CC[C@@H](C(=C)COCCCC)C[C@H]1C(=C)C. The molecule has 1 aliphatic rings. The van der Waals surface area contributed by atoms with Gasteiger partial charge in [-0.1, -0.05) is 45.1 Å². The Hall–Kier alpha value is -0.820. The molecule has 0 unspecified atom stereocenters. The van der Waals surface area contributed by atoms with E-state index in [1.165, 1.54) is 30.4 Å². The van der Waals surface area contributed by atoms with E-state index in [4.69, 9.17) is 4.74 Å². The standard InChI is InChI=1S/C19H32O/c1-7-9-12-20-14-16(5)17-10-11-19(6,8-2)18(13-17)15(3)4/h8,17-18H,2-3,5,7,9-14H2,1,4,6H3/t17-,18+,19-/m1/s1. The largest absolute Gasteiger partial charge is 0.377 e. The van der Waals surface area contributed by atoms with Gasteiger partial charge >= 0.3 is 0 Å². The van der Waals surface area contributed by atoms with Crippen LogP contribution in [0.15, 0.2) is 37.0 Å². The first-order valence-electron chi connectivity index (χ1n) is 7.99. The quantitative estimate of drug-likeness (QED) is 0.417. The smallest absolute Gasteiger partial charge is 0.0676 e. The molecule has 0 radical (unpaired) electrons. The van der Waals surface area contributed by atoms with Crippen LogP contribution in [0.5, 0.6) is 0 Å². The topological polar surface area (TPSA) is 9.23 Å². The Morgan fingerprint density at radius 1 is 1.40 bits per heavy atom. The Balaban J connectivity index is 2.56. The first kappa shape index (κ1) is 17.2.